The molecule has 2 unspecified atom stereocenters. The van der Waals surface area contributed by atoms with Gasteiger partial charge in [-0.25, -0.2) is 5.43 Å². The Bertz CT molecular complexity index is 608. The van der Waals surface area contributed by atoms with E-state index in [1.54, 1.807) is 0 Å². The summed E-state index contributed by atoms with van der Waals surface area (Å²) in [6, 6.07) is -0.411. The molecule has 9 heteroatoms. The second-order valence-corrected chi connectivity index (χ2v) is 8.58. The lowest BCUT2D eigenvalue weighted by molar-refractivity contribution is -0.147. The first kappa shape index (κ1) is 19.8. The lowest BCUT2D eigenvalue weighted by Crippen LogP contribution is -2.63. The highest BCUT2D eigenvalue weighted by Gasteiger charge is 2.55. The van der Waals surface area contributed by atoms with Crippen LogP contribution >= 0.6 is 39.3 Å². The third-order valence-corrected chi connectivity index (χ3v) is 5.93. The SMILES string of the molecule is CC1=NC2C(=O)N(C(C(=O)N(NC(C)C)C(C)C)=C(Cl)CBr)C2S1. The first-order valence-electron chi connectivity index (χ1n) is 7.77. The van der Waals surface area contributed by atoms with Gasteiger partial charge in [0.2, 0.25) is 0 Å². The Balaban J connectivity index is 2.34. The number of hydrazine groups is 1. The lowest BCUT2D eigenvalue weighted by atomic mass is 10.1. The van der Waals surface area contributed by atoms with Crippen LogP contribution in [0, 0.1) is 0 Å². The highest BCUT2D eigenvalue weighted by atomic mass is 79.9. The van der Waals surface area contributed by atoms with E-state index in [-0.39, 0.29) is 35.0 Å². The van der Waals surface area contributed by atoms with Crippen molar-refractivity contribution in [3.63, 3.8) is 0 Å². The van der Waals surface area contributed by atoms with Crippen molar-refractivity contribution >= 4 is 56.2 Å². The molecular weight excluding hydrogens is 416 g/mol. The molecule has 2 heterocycles. The molecule has 24 heavy (non-hydrogen) atoms. The molecular formula is C15H22BrClN4O2S. The standard InChI is InChI=1S/C15H22BrClN4O2S/c1-7(2)19-21(8(3)4)14(23)12(10(17)6-16)20-13(22)11-15(20)24-9(5)18-11/h7-8,11,15,19H,6H2,1-5H3. The number of fused-ring (bicyclic) bond motifs is 1. The van der Waals surface area contributed by atoms with E-state index >= 15 is 0 Å². The van der Waals surface area contributed by atoms with Crippen LogP contribution in [0.1, 0.15) is 34.6 Å². The minimum Gasteiger partial charge on any atom is -0.289 e. The predicted octanol–water partition coefficient (Wildman–Crippen LogP) is 2.68. The zero-order chi connectivity index (χ0) is 18.2. The largest absolute Gasteiger partial charge is 0.289 e. The van der Waals surface area contributed by atoms with Crippen LogP contribution in [-0.2, 0) is 9.59 Å². The monoisotopic (exact) mass is 436 g/mol. The number of amides is 2. The minimum atomic E-state index is -0.400. The number of halogens is 2. The number of β-lactam (4-membered cyclic amide) rings is 1. The lowest BCUT2D eigenvalue weighted by Gasteiger charge is -2.43. The Hall–Kier alpha value is -0.570. The molecule has 0 aromatic carbocycles. The van der Waals surface area contributed by atoms with Crippen molar-refractivity contribution in [1.29, 1.82) is 0 Å². The maximum absolute atomic E-state index is 13.1. The van der Waals surface area contributed by atoms with Gasteiger partial charge in [-0.05, 0) is 34.6 Å². The molecule has 0 spiro atoms. The number of hydrogen-bond donors (Lipinski definition) is 1. The molecule has 0 aromatic heterocycles. The summed E-state index contributed by atoms with van der Waals surface area (Å²) in [4.78, 5) is 31.4. The molecule has 0 bridgehead atoms. The fourth-order valence-corrected chi connectivity index (χ4v) is 4.15. The summed E-state index contributed by atoms with van der Waals surface area (Å²) < 4.78 is 0. The van der Waals surface area contributed by atoms with Crippen molar-refractivity contribution < 1.29 is 9.59 Å². The van der Waals surface area contributed by atoms with E-state index in [9.17, 15) is 9.59 Å². The van der Waals surface area contributed by atoms with Gasteiger partial charge in [-0.2, -0.15) is 0 Å². The first-order valence-corrected chi connectivity index (χ1v) is 10.1. The summed E-state index contributed by atoms with van der Waals surface area (Å²) in [6.45, 7) is 9.59. The number of aliphatic imine (C=N–C) groups is 1. The first-order chi connectivity index (χ1) is 11.2. The molecule has 0 radical (unpaired) electrons. The van der Waals surface area contributed by atoms with Crippen LogP contribution in [0.4, 0.5) is 0 Å². The summed E-state index contributed by atoms with van der Waals surface area (Å²) in [5.41, 5.74) is 3.35. The predicted molar refractivity (Wildman–Crippen MR) is 102 cm³/mol. The molecule has 0 aliphatic carbocycles. The molecule has 1 N–H and O–H groups in total. The zero-order valence-corrected chi connectivity index (χ0v) is 17.5. The number of rotatable bonds is 6. The van der Waals surface area contributed by atoms with Crippen molar-refractivity contribution in [3.8, 4) is 0 Å². The minimum absolute atomic E-state index is 0.0756. The van der Waals surface area contributed by atoms with Crippen molar-refractivity contribution in [2.24, 2.45) is 4.99 Å². The zero-order valence-electron chi connectivity index (χ0n) is 14.3. The van der Waals surface area contributed by atoms with Gasteiger partial charge in [0.05, 0.1) is 10.1 Å². The Morgan fingerprint density at radius 1 is 1.46 bits per heavy atom. The Labute approximate surface area is 160 Å². The van der Waals surface area contributed by atoms with E-state index in [0.717, 1.165) is 5.04 Å². The Morgan fingerprint density at radius 2 is 2.08 bits per heavy atom. The topological polar surface area (TPSA) is 65.0 Å². The van der Waals surface area contributed by atoms with Crippen LogP contribution < -0.4 is 5.43 Å². The van der Waals surface area contributed by atoms with Crippen LogP contribution in [0.2, 0.25) is 0 Å². The number of nitrogens with zero attached hydrogens (tertiary/aromatic N) is 3. The normalized spacial score (nSPS) is 24.0. The molecule has 2 amide bonds. The molecule has 2 atom stereocenters. The molecule has 0 saturated carbocycles. The third-order valence-electron chi connectivity index (χ3n) is 3.58. The van der Waals surface area contributed by atoms with E-state index in [0.29, 0.717) is 10.4 Å². The quantitative estimate of drug-likeness (QED) is 0.300. The number of thioether (sulfide) groups is 1. The van der Waals surface area contributed by atoms with E-state index < -0.39 is 6.04 Å². The molecule has 6 nitrogen and oxygen atoms in total. The van der Waals surface area contributed by atoms with Gasteiger partial charge < -0.3 is 0 Å². The van der Waals surface area contributed by atoms with Gasteiger partial charge in [-0.1, -0.05) is 39.3 Å². The van der Waals surface area contributed by atoms with Gasteiger partial charge >= 0.3 is 0 Å². The van der Waals surface area contributed by atoms with Crippen molar-refractivity contribution in [3.05, 3.63) is 10.7 Å². The number of alkyl halides is 1. The van der Waals surface area contributed by atoms with Gasteiger partial charge in [-0.3, -0.25) is 24.5 Å². The number of allylic oxidation sites excluding steroid dienone is 1. The van der Waals surface area contributed by atoms with Crippen LogP contribution in [0.5, 0.6) is 0 Å². The molecule has 2 aliphatic rings. The maximum Gasteiger partial charge on any atom is 0.286 e. The van der Waals surface area contributed by atoms with Crippen LogP contribution in [-0.4, -0.2) is 55.6 Å². The van der Waals surface area contributed by atoms with E-state index in [1.807, 2.05) is 34.6 Å². The Kier molecular flexibility index (Phi) is 6.39. The van der Waals surface area contributed by atoms with Crippen molar-refractivity contribution in [2.75, 3.05) is 5.33 Å². The van der Waals surface area contributed by atoms with Gasteiger partial charge in [0, 0.05) is 17.4 Å². The number of carbonyl (C=O) groups excluding carboxylic acids is 2. The number of nitrogens with one attached hydrogen (secondary N) is 1. The molecule has 2 aliphatic heterocycles. The van der Waals surface area contributed by atoms with Crippen molar-refractivity contribution in [2.45, 2.75) is 58.1 Å². The maximum atomic E-state index is 13.1. The van der Waals surface area contributed by atoms with Gasteiger partial charge in [-0.15, -0.1) is 0 Å². The summed E-state index contributed by atoms with van der Waals surface area (Å²) >= 11 is 11.1. The average Bonchev–Trinajstić information content (AvgIpc) is 2.85. The van der Waals surface area contributed by atoms with Crippen LogP contribution in [0.15, 0.2) is 15.7 Å². The highest BCUT2D eigenvalue weighted by molar-refractivity contribution is 9.09. The van der Waals surface area contributed by atoms with E-state index in [4.69, 9.17) is 11.6 Å². The highest BCUT2D eigenvalue weighted by Crippen LogP contribution is 2.42. The fraction of sp³-hybridized carbons (Fsp3) is 0.667. The molecule has 1 saturated heterocycles. The second-order valence-electron chi connectivity index (χ2n) is 6.25. The molecule has 0 aromatic rings. The smallest absolute Gasteiger partial charge is 0.286 e. The number of carbonyl (C=O) groups is 2. The van der Waals surface area contributed by atoms with E-state index in [2.05, 4.69) is 26.3 Å². The average molecular weight is 438 g/mol. The van der Waals surface area contributed by atoms with E-state index in [1.165, 1.54) is 21.7 Å². The van der Waals surface area contributed by atoms with Gasteiger partial charge in [0.1, 0.15) is 11.1 Å². The summed E-state index contributed by atoms with van der Waals surface area (Å²) in [5.74, 6) is -0.486. The van der Waals surface area contributed by atoms with Gasteiger partial charge in [0.15, 0.2) is 6.04 Å². The summed E-state index contributed by atoms with van der Waals surface area (Å²) in [7, 11) is 0. The molecule has 2 rings (SSSR count). The molecule has 1 fully saturated rings. The fourth-order valence-electron chi connectivity index (χ4n) is 2.57. The summed E-state index contributed by atoms with van der Waals surface area (Å²) in [6.07, 6.45) is 0. The van der Waals surface area contributed by atoms with Gasteiger partial charge in [0.25, 0.3) is 11.8 Å². The number of likely N-dealkylation sites (tertiary alicyclic amines) is 1. The molecule has 134 valence electrons. The van der Waals surface area contributed by atoms with Crippen LogP contribution in [0.3, 0.4) is 0 Å². The van der Waals surface area contributed by atoms with Crippen LogP contribution in [0.25, 0.3) is 0 Å². The number of hydrogen-bond acceptors (Lipinski definition) is 5. The Morgan fingerprint density at radius 3 is 2.58 bits per heavy atom. The summed E-state index contributed by atoms with van der Waals surface area (Å²) in [5, 5.41) is 2.81. The second kappa shape index (κ2) is 7.76. The third kappa shape index (κ3) is 3.66. The van der Waals surface area contributed by atoms with Crippen molar-refractivity contribution in [1.82, 2.24) is 15.3 Å².